The Morgan fingerprint density at radius 2 is 1.65 bits per heavy atom. The summed E-state index contributed by atoms with van der Waals surface area (Å²) in [6, 6.07) is 17.1. The first kappa shape index (κ1) is 24.1. The van der Waals surface area contributed by atoms with E-state index < -0.39 is 0 Å². The third kappa shape index (κ3) is 5.38. The predicted octanol–water partition coefficient (Wildman–Crippen LogP) is 7.38. The van der Waals surface area contributed by atoms with Gasteiger partial charge in [0.2, 0.25) is 11.8 Å². The van der Waals surface area contributed by atoms with Crippen molar-refractivity contribution >= 4 is 51.3 Å². The summed E-state index contributed by atoms with van der Waals surface area (Å²) in [6.07, 6.45) is 3.89. The number of hydrogen-bond acceptors (Lipinski definition) is 6. The highest BCUT2D eigenvalue weighted by atomic mass is 35.5. The zero-order valence-corrected chi connectivity index (χ0v) is 21.6. The molecule has 1 saturated carbocycles. The van der Waals surface area contributed by atoms with Gasteiger partial charge in [-0.1, -0.05) is 35.3 Å². The fourth-order valence-corrected chi connectivity index (χ4v) is 5.55. The van der Waals surface area contributed by atoms with Crippen LogP contribution in [-0.2, 0) is 4.79 Å². The minimum absolute atomic E-state index is 0.0420. The number of nitrogens with one attached hydrogen (secondary N) is 2. The lowest BCUT2D eigenvalue weighted by Crippen LogP contribution is -2.23. The Morgan fingerprint density at radius 3 is 2.51 bits per heavy atom. The zero-order chi connectivity index (χ0) is 25.4. The van der Waals surface area contributed by atoms with E-state index in [1.807, 2.05) is 48.5 Å². The van der Waals surface area contributed by atoms with Crippen LogP contribution in [0.1, 0.15) is 55.9 Å². The largest absolute Gasteiger partial charge is 0.477 e. The van der Waals surface area contributed by atoms with Crippen LogP contribution in [0.2, 0.25) is 10.0 Å². The lowest BCUT2D eigenvalue weighted by atomic mass is 9.80. The summed E-state index contributed by atoms with van der Waals surface area (Å²) >= 11 is 12.1. The number of anilines is 2. The molecule has 1 aromatic heterocycles. The molecule has 0 bridgehead atoms. The van der Waals surface area contributed by atoms with Gasteiger partial charge in [0.15, 0.2) is 6.10 Å². The molecule has 0 radical (unpaired) electrons. The highest BCUT2D eigenvalue weighted by Crippen LogP contribution is 2.39. The molecule has 3 aromatic carbocycles. The van der Waals surface area contributed by atoms with E-state index in [0.717, 1.165) is 47.8 Å². The number of rotatable bonds is 5. The number of carbonyl (C=O) groups is 1. The number of benzene rings is 3. The van der Waals surface area contributed by atoms with Crippen molar-refractivity contribution in [3.05, 3.63) is 76.4 Å². The Balaban J connectivity index is 1.01. The molecule has 2 N–H and O–H groups in total. The van der Waals surface area contributed by atoms with Crippen LogP contribution in [0.4, 0.5) is 11.4 Å². The molecule has 6 rings (SSSR count). The molecule has 1 fully saturated rings. The summed E-state index contributed by atoms with van der Waals surface area (Å²) < 4.78 is 12.1. The Morgan fingerprint density at radius 1 is 0.919 bits per heavy atom. The van der Waals surface area contributed by atoms with Crippen molar-refractivity contribution in [1.82, 2.24) is 10.2 Å². The third-order valence-electron chi connectivity index (χ3n) is 7.18. The number of carbonyl (C=O) groups excluding carboxylic acids is 1. The molecule has 190 valence electrons. The number of halogens is 2. The topological polar surface area (TPSA) is 89.3 Å². The maximum Gasteiger partial charge on any atom is 0.258 e. The quantitative estimate of drug-likeness (QED) is 0.276. The molecule has 0 spiro atoms. The molecule has 1 unspecified atom stereocenters. The van der Waals surface area contributed by atoms with Gasteiger partial charge in [0.25, 0.3) is 5.89 Å². The number of ether oxygens (including phenoxy) is 1. The van der Waals surface area contributed by atoms with E-state index in [1.165, 1.54) is 0 Å². The smallest absolute Gasteiger partial charge is 0.258 e. The Kier molecular flexibility index (Phi) is 6.65. The average Bonchev–Trinajstić information content (AvgIpc) is 3.39. The first-order valence-electron chi connectivity index (χ1n) is 12.5. The normalized spacial score (nSPS) is 21.1. The predicted molar refractivity (Wildman–Crippen MR) is 145 cm³/mol. The number of aromatic nitrogens is 2. The molecule has 2 heterocycles. The molecular formula is C28H26Cl2N4O3. The second-order valence-corrected chi connectivity index (χ2v) is 10.7. The standard InChI is InChI=1S/C28H26Cl2N4O3/c29-20-7-5-19-13-22(9-6-18(19)12-20)32-26(35)11-16-1-3-17(4-2-16)27-33-34-28(37-27)25-15-31-23-14-21(30)8-10-24(23)36-25/h5-10,12-14,16-17,25,31H,1-4,11,15H2,(H,32,35). The van der Waals surface area contributed by atoms with Gasteiger partial charge in [0.1, 0.15) is 5.75 Å². The van der Waals surface area contributed by atoms with Crippen molar-refractivity contribution < 1.29 is 13.9 Å². The van der Waals surface area contributed by atoms with Crippen LogP contribution in [0, 0.1) is 5.92 Å². The van der Waals surface area contributed by atoms with Crippen LogP contribution < -0.4 is 15.4 Å². The van der Waals surface area contributed by atoms with E-state index in [4.69, 9.17) is 32.4 Å². The highest BCUT2D eigenvalue weighted by Gasteiger charge is 2.30. The highest BCUT2D eigenvalue weighted by molar-refractivity contribution is 6.31. The van der Waals surface area contributed by atoms with Crippen molar-refractivity contribution in [2.75, 3.05) is 17.2 Å². The van der Waals surface area contributed by atoms with Crippen molar-refractivity contribution in [2.24, 2.45) is 5.92 Å². The van der Waals surface area contributed by atoms with Crippen molar-refractivity contribution in [3.63, 3.8) is 0 Å². The first-order chi connectivity index (χ1) is 18.0. The summed E-state index contributed by atoms with van der Waals surface area (Å²) in [6.45, 7) is 0.530. The Bertz CT molecular complexity index is 1450. The third-order valence-corrected chi connectivity index (χ3v) is 7.65. The van der Waals surface area contributed by atoms with E-state index in [1.54, 1.807) is 6.07 Å². The van der Waals surface area contributed by atoms with E-state index in [-0.39, 0.29) is 17.9 Å². The van der Waals surface area contributed by atoms with Gasteiger partial charge < -0.3 is 19.8 Å². The monoisotopic (exact) mass is 536 g/mol. The number of nitrogens with zero attached hydrogens (tertiary/aromatic N) is 2. The van der Waals surface area contributed by atoms with Crippen molar-refractivity contribution in [3.8, 4) is 5.75 Å². The summed E-state index contributed by atoms with van der Waals surface area (Å²) in [7, 11) is 0. The van der Waals surface area contributed by atoms with Crippen molar-refractivity contribution in [2.45, 2.75) is 44.1 Å². The van der Waals surface area contributed by atoms with Gasteiger partial charge in [-0.25, -0.2) is 0 Å². The van der Waals surface area contributed by atoms with Crippen molar-refractivity contribution in [1.29, 1.82) is 0 Å². The minimum Gasteiger partial charge on any atom is -0.477 e. The average molecular weight is 537 g/mol. The molecule has 7 nitrogen and oxygen atoms in total. The van der Waals surface area contributed by atoms with Gasteiger partial charge in [-0.3, -0.25) is 4.79 Å². The van der Waals surface area contributed by atoms with Gasteiger partial charge >= 0.3 is 0 Å². The van der Waals surface area contributed by atoms with Crippen LogP contribution in [0.3, 0.4) is 0 Å². The molecule has 2 aliphatic rings. The molecule has 4 aromatic rings. The molecule has 1 aliphatic carbocycles. The molecule has 0 saturated heterocycles. The number of fused-ring (bicyclic) bond motifs is 2. The Labute approximate surface area is 224 Å². The summed E-state index contributed by atoms with van der Waals surface area (Å²) in [4.78, 5) is 12.7. The van der Waals surface area contributed by atoms with Crippen LogP contribution in [-0.4, -0.2) is 22.6 Å². The van der Waals surface area contributed by atoms with Gasteiger partial charge in [-0.15, -0.1) is 10.2 Å². The maximum atomic E-state index is 12.7. The second kappa shape index (κ2) is 10.2. The van der Waals surface area contributed by atoms with Crippen LogP contribution in [0.15, 0.2) is 59.0 Å². The zero-order valence-electron chi connectivity index (χ0n) is 20.0. The lowest BCUT2D eigenvalue weighted by molar-refractivity contribution is -0.117. The van der Waals surface area contributed by atoms with Gasteiger partial charge in [0, 0.05) is 28.1 Å². The molecule has 37 heavy (non-hydrogen) atoms. The number of amides is 1. The van der Waals surface area contributed by atoms with Gasteiger partial charge in [-0.05, 0) is 84.8 Å². The van der Waals surface area contributed by atoms with E-state index in [9.17, 15) is 4.79 Å². The maximum absolute atomic E-state index is 12.7. The number of hydrogen-bond donors (Lipinski definition) is 2. The molecule has 1 amide bonds. The molecule has 1 aliphatic heterocycles. The summed E-state index contributed by atoms with van der Waals surface area (Å²) in [5, 5.41) is 18.4. The SMILES string of the molecule is O=C(CC1CCC(c2nnc(C3CNc4cc(Cl)ccc4O3)o2)CC1)Nc1ccc2cc(Cl)ccc2c1. The molecular weight excluding hydrogens is 511 g/mol. The fraction of sp³-hybridized carbons (Fsp3) is 0.321. The van der Waals surface area contributed by atoms with Crippen LogP contribution in [0.5, 0.6) is 5.75 Å². The van der Waals surface area contributed by atoms with Gasteiger partial charge in [-0.2, -0.15) is 0 Å². The van der Waals surface area contributed by atoms with E-state index in [0.29, 0.717) is 46.5 Å². The minimum atomic E-state index is -0.345. The summed E-state index contributed by atoms with van der Waals surface area (Å²) in [5.74, 6) is 2.43. The van der Waals surface area contributed by atoms with Crippen LogP contribution in [0.25, 0.3) is 10.8 Å². The summed E-state index contributed by atoms with van der Waals surface area (Å²) in [5.41, 5.74) is 1.66. The van der Waals surface area contributed by atoms with E-state index >= 15 is 0 Å². The van der Waals surface area contributed by atoms with Gasteiger partial charge in [0.05, 0.1) is 12.2 Å². The first-order valence-corrected chi connectivity index (χ1v) is 13.3. The Hall–Kier alpha value is -3.29. The molecule has 9 heteroatoms. The fourth-order valence-electron chi connectivity index (χ4n) is 5.20. The molecule has 1 atom stereocenters. The lowest BCUT2D eigenvalue weighted by Gasteiger charge is -2.26. The second-order valence-electron chi connectivity index (χ2n) is 9.78. The van der Waals surface area contributed by atoms with E-state index in [2.05, 4.69) is 20.8 Å². The van der Waals surface area contributed by atoms with Crippen LogP contribution >= 0.6 is 23.2 Å².